The molecule has 0 unspecified atom stereocenters. The largest absolute Gasteiger partial charge is 0.360 e. The Labute approximate surface area is 187 Å². The standard InChI is InChI=1S/C20H24ClN5O.HI/c1-22-20(25-13-16-4-2-3-5-18(16)21)24-12-15-6-8-17(9-7-15)26-11-10-23-19(27)14-26;/h2-9H,10-14H2,1H3,(H,23,27)(H2,22,24,25);1H. The Morgan fingerprint density at radius 1 is 1.14 bits per heavy atom. The molecule has 150 valence electrons. The van der Waals surface area contributed by atoms with E-state index >= 15 is 0 Å². The molecule has 0 bridgehead atoms. The summed E-state index contributed by atoms with van der Waals surface area (Å²) in [5.74, 6) is 0.784. The van der Waals surface area contributed by atoms with Crippen LogP contribution >= 0.6 is 35.6 Å². The molecular weight excluding hydrogens is 489 g/mol. The van der Waals surface area contributed by atoms with Crippen LogP contribution in [0.4, 0.5) is 5.69 Å². The second-order valence-electron chi connectivity index (χ2n) is 6.31. The summed E-state index contributed by atoms with van der Waals surface area (Å²) in [7, 11) is 1.74. The van der Waals surface area contributed by atoms with Crippen LogP contribution in [0.25, 0.3) is 0 Å². The van der Waals surface area contributed by atoms with Crippen molar-refractivity contribution in [3.63, 3.8) is 0 Å². The fourth-order valence-corrected chi connectivity index (χ4v) is 3.11. The monoisotopic (exact) mass is 513 g/mol. The van der Waals surface area contributed by atoms with Crippen LogP contribution in [0, 0.1) is 0 Å². The number of guanidine groups is 1. The van der Waals surface area contributed by atoms with E-state index in [0.29, 0.717) is 32.1 Å². The summed E-state index contributed by atoms with van der Waals surface area (Å²) in [6.07, 6.45) is 0. The number of nitrogens with one attached hydrogen (secondary N) is 3. The predicted molar refractivity (Wildman–Crippen MR) is 126 cm³/mol. The number of carbonyl (C=O) groups is 1. The molecule has 0 spiro atoms. The molecule has 28 heavy (non-hydrogen) atoms. The number of nitrogens with zero attached hydrogens (tertiary/aromatic N) is 2. The first-order valence-corrected chi connectivity index (χ1v) is 9.32. The average molecular weight is 514 g/mol. The minimum atomic E-state index is 0. The Kier molecular flexibility index (Phi) is 8.85. The van der Waals surface area contributed by atoms with Gasteiger partial charge in [0.1, 0.15) is 0 Å². The van der Waals surface area contributed by atoms with E-state index in [1.54, 1.807) is 7.05 Å². The molecule has 3 N–H and O–H groups in total. The van der Waals surface area contributed by atoms with E-state index in [-0.39, 0.29) is 29.9 Å². The fourth-order valence-electron chi connectivity index (χ4n) is 2.91. The molecular formula is C20H25ClIN5O. The summed E-state index contributed by atoms with van der Waals surface area (Å²) >= 11 is 6.18. The van der Waals surface area contributed by atoms with E-state index in [1.807, 2.05) is 24.3 Å². The number of halogens is 2. The zero-order chi connectivity index (χ0) is 19.1. The van der Waals surface area contributed by atoms with Gasteiger partial charge in [-0.1, -0.05) is 41.9 Å². The molecule has 1 heterocycles. The van der Waals surface area contributed by atoms with E-state index in [4.69, 9.17) is 11.6 Å². The lowest BCUT2D eigenvalue weighted by atomic mass is 10.2. The molecule has 1 aliphatic rings. The van der Waals surface area contributed by atoms with Crippen LogP contribution in [0.3, 0.4) is 0 Å². The van der Waals surface area contributed by atoms with Gasteiger partial charge in [0.15, 0.2) is 5.96 Å². The molecule has 3 rings (SSSR count). The number of benzene rings is 2. The molecule has 2 aromatic carbocycles. The van der Waals surface area contributed by atoms with Gasteiger partial charge < -0.3 is 20.9 Å². The zero-order valence-corrected chi connectivity index (χ0v) is 18.8. The number of carbonyl (C=O) groups excluding carboxylic acids is 1. The summed E-state index contributed by atoms with van der Waals surface area (Å²) < 4.78 is 0. The van der Waals surface area contributed by atoms with Gasteiger partial charge in [0.2, 0.25) is 5.91 Å². The Balaban J connectivity index is 0.00000280. The number of anilines is 1. The van der Waals surface area contributed by atoms with Gasteiger partial charge in [-0.25, -0.2) is 0 Å². The third-order valence-corrected chi connectivity index (χ3v) is 4.80. The van der Waals surface area contributed by atoms with Crippen molar-refractivity contribution in [2.75, 3.05) is 31.6 Å². The number of hydrogen-bond donors (Lipinski definition) is 3. The lowest BCUT2D eigenvalue weighted by Gasteiger charge is -2.28. The molecule has 0 aliphatic carbocycles. The molecule has 6 nitrogen and oxygen atoms in total. The van der Waals surface area contributed by atoms with Crippen molar-refractivity contribution in [1.82, 2.24) is 16.0 Å². The third kappa shape index (κ3) is 6.27. The van der Waals surface area contributed by atoms with Crippen molar-refractivity contribution < 1.29 is 4.79 Å². The number of rotatable bonds is 5. The maximum Gasteiger partial charge on any atom is 0.239 e. The highest BCUT2D eigenvalue weighted by Crippen LogP contribution is 2.16. The lowest BCUT2D eigenvalue weighted by molar-refractivity contribution is -0.120. The van der Waals surface area contributed by atoms with E-state index < -0.39 is 0 Å². The van der Waals surface area contributed by atoms with Crippen molar-refractivity contribution >= 4 is 53.1 Å². The fraction of sp³-hybridized carbons (Fsp3) is 0.300. The van der Waals surface area contributed by atoms with E-state index in [0.717, 1.165) is 28.4 Å². The summed E-state index contributed by atoms with van der Waals surface area (Å²) in [5, 5.41) is 10.1. The molecule has 0 aromatic heterocycles. The highest BCUT2D eigenvalue weighted by Gasteiger charge is 2.16. The van der Waals surface area contributed by atoms with Crippen molar-refractivity contribution in [1.29, 1.82) is 0 Å². The van der Waals surface area contributed by atoms with E-state index in [1.165, 1.54) is 0 Å². The Morgan fingerprint density at radius 3 is 2.54 bits per heavy atom. The topological polar surface area (TPSA) is 68.8 Å². The van der Waals surface area contributed by atoms with Crippen molar-refractivity contribution in [2.45, 2.75) is 13.1 Å². The predicted octanol–water partition coefficient (Wildman–Crippen LogP) is 2.76. The van der Waals surface area contributed by atoms with Gasteiger partial charge in [-0.3, -0.25) is 9.79 Å². The number of hydrogen-bond acceptors (Lipinski definition) is 3. The molecule has 0 radical (unpaired) electrons. The summed E-state index contributed by atoms with van der Waals surface area (Å²) in [4.78, 5) is 17.8. The van der Waals surface area contributed by atoms with Gasteiger partial charge in [0, 0.05) is 43.9 Å². The molecule has 1 fully saturated rings. The average Bonchev–Trinajstić information content (AvgIpc) is 2.70. The smallest absolute Gasteiger partial charge is 0.239 e. The van der Waals surface area contributed by atoms with Crippen LogP contribution in [0.1, 0.15) is 11.1 Å². The summed E-state index contributed by atoms with van der Waals surface area (Å²) in [5.41, 5.74) is 3.23. The van der Waals surface area contributed by atoms with Crippen LogP contribution in [0.15, 0.2) is 53.5 Å². The van der Waals surface area contributed by atoms with Gasteiger partial charge in [-0.15, -0.1) is 24.0 Å². The number of amides is 1. The van der Waals surface area contributed by atoms with Crippen molar-refractivity contribution in [3.8, 4) is 0 Å². The molecule has 8 heteroatoms. The highest BCUT2D eigenvalue weighted by molar-refractivity contribution is 14.0. The molecule has 1 saturated heterocycles. The second-order valence-corrected chi connectivity index (χ2v) is 6.72. The van der Waals surface area contributed by atoms with Gasteiger partial charge in [-0.05, 0) is 29.3 Å². The van der Waals surface area contributed by atoms with Crippen LogP contribution in [0.2, 0.25) is 5.02 Å². The highest BCUT2D eigenvalue weighted by atomic mass is 127. The zero-order valence-electron chi connectivity index (χ0n) is 15.7. The summed E-state index contributed by atoms with van der Waals surface area (Å²) in [6, 6.07) is 16.0. The van der Waals surface area contributed by atoms with Crippen LogP contribution in [-0.4, -0.2) is 38.5 Å². The Hall–Kier alpha value is -2.00. The van der Waals surface area contributed by atoms with Crippen LogP contribution < -0.4 is 20.9 Å². The molecule has 1 amide bonds. The van der Waals surface area contributed by atoms with Crippen LogP contribution in [0.5, 0.6) is 0 Å². The van der Waals surface area contributed by atoms with Crippen LogP contribution in [-0.2, 0) is 17.9 Å². The SMILES string of the molecule is CN=C(NCc1ccc(N2CCNC(=O)C2)cc1)NCc1ccccc1Cl.I. The normalized spacial score (nSPS) is 14.1. The molecule has 1 aliphatic heterocycles. The second kappa shape index (κ2) is 11.1. The number of aliphatic imine (C=N–C) groups is 1. The first-order valence-electron chi connectivity index (χ1n) is 8.94. The Morgan fingerprint density at radius 2 is 1.86 bits per heavy atom. The first-order chi connectivity index (χ1) is 13.2. The Bertz CT molecular complexity index is 812. The number of piperazine rings is 1. The minimum Gasteiger partial charge on any atom is -0.360 e. The third-order valence-electron chi connectivity index (χ3n) is 4.43. The molecule has 2 aromatic rings. The van der Waals surface area contributed by atoms with Crippen molar-refractivity contribution in [2.24, 2.45) is 4.99 Å². The van der Waals surface area contributed by atoms with Crippen molar-refractivity contribution in [3.05, 3.63) is 64.7 Å². The van der Waals surface area contributed by atoms with Gasteiger partial charge in [0.25, 0.3) is 0 Å². The first kappa shape index (κ1) is 22.3. The van der Waals surface area contributed by atoms with E-state index in [9.17, 15) is 4.79 Å². The lowest BCUT2D eigenvalue weighted by Crippen LogP contribution is -2.47. The summed E-state index contributed by atoms with van der Waals surface area (Å²) in [6.45, 7) is 3.20. The van der Waals surface area contributed by atoms with Gasteiger partial charge in [-0.2, -0.15) is 0 Å². The quantitative estimate of drug-likeness (QED) is 0.327. The van der Waals surface area contributed by atoms with Gasteiger partial charge in [0.05, 0.1) is 6.54 Å². The molecule has 0 atom stereocenters. The van der Waals surface area contributed by atoms with E-state index in [2.05, 4.69) is 50.1 Å². The maximum absolute atomic E-state index is 11.5. The van der Waals surface area contributed by atoms with Gasteiger partial charge >= 0.3 is 0 Å². The minimum absolute atomic E-state index is 0. The molecule has 0 saturated carbocycles. The maximum atomic E-state index is 11.5.